The second kappa shape index (κ2) is 10.5. The summed E-state index contributed by atoms with van der Waals surface area (Å²) >= 11 is 0. The maximum Gasteiger partial charge on any atom is 0.256 e. The fourth-order valence-electron chi connectivity index (χ4n) is 5.50. The van der Waals surface area contributed by atoms with Crippen LogP contribution in [0.1, 0.15) is 28.8 Å². The molecule has 0 unspecified atom stereocenters. The summed E-state index contributed by atoms with van der Waals surface area (Å²) in [6.45, 7) is 2.60. The third-order valence-corrected chi connectivity index (χ3v) is 7.67. The molecule has 2 aromatic heterocycles. The average Bonchev–Trinajstić information content (AvgIpc) is 3.26. The van der Waals surface area contributed by atoms with Crippen molar-refractivity contribution in [3.05, 3.63) is 90.0 Å². The van der Waals surface area contributed by atoms with Crippen molar-refractivity contribution < 1.29 is 14.6 Å². The van der Waals surface area contributed by atoms with E-state index >= 15 is 0 Å². The topological polar surface area (TPSA) is 79.6 Å². The maximum atomic E-state index is 13.3. The first-order chi connectivity index (χ1) is 19.0. The number of aryl methyl sites for hydroxylation is 1. The zero-order valence-electron chi connectivity index (χ0n) is 22.2. The maximum absolute atomic E-state index is 13.3. The molecule has 7 nitrogen and oxygen atoms in total. The van der Waals surface area contributed by atoms with Crippen molar-refractivity contribution >= 4 is 33.5 Å². The van der Waals surface area contributed by atoms with Crippen LogP contribution in [0, 0.1) is 0 Å². The molecule has 1 aliphatic heterocycles. The van der Waals surface area contributed by atoms with Crippen molar-refractivity contribution in [1.82, 2.24) is 14.5 Å². The molecule has 7 heteroatoms. The number of aromatic nitrogens is 2. The van der Waals surface area contributed by atoms with E-state index in [0.717, 1.165) is 76.9 Å². The van der Waals surface area contributed by atoms with Crippen LogP contribution in [0.3, 0.4) is 0 Å². The van der Waals surface area contributed by atoms with Crippen molar-refractivity contribution in [1.29, 1.82) is 0 Å². The molecule has 2 N–H and O–H groups in total. The summed E-state index contributed by atoms with van der Waals surface area (Å²) in [5, 5.41) is 14.9. The molecule has 5 aromatic rings. The number of benzene rings is 3. The van der Waals surface area contributed by atoms with Gasteiger partial charge >= 0.3 is 0 Å². The number of carbonyl (C=O) groups excluding carboxylic acids is 1. The third-order valence-electron chi connectivity index (χ3n) is 7.67. The molecule has 1 amide bonds. The Labute approximate surface area is 227 Å². The number of hydrogen-bond acceptors (Lipinski definition) is 5. The van der Waals surface area contributed by atoms with Crippen molar-refractivity contribution in [2.45, 2.75) is 25.5 Å². The van der Waals surface area contributed by atoms with Crippen LogP contribution in [0.15, 0.2) is 78.9 Å². The number of likely N-dealkylation sites (tertiary alicyclic amines) is 1. The van der Waals surface area contributed by atoms with Gasteiger partial charge in [-0.25, -0.2) is 4.98 Å². The van der Waals surface area contributed by atoms with E-state index < -0.39 is 0 Å². The molecule has 0 aliphatic carbocycles. The van der Waals surface area contributed by atoms with Crippen molar-refractivity contribution in [3.63, 3.8) is 0 Å². The number of aliphatic hydroxyl groups is 1. The standard InChI is InChI=1S/C32H32N4O3/c1-35-28-6-4-3-5-26(28)27-19-29(33-30(31(27)35)22-11-13-25(39-2)14-12-22)34-32(38)23-9-7-21(8-10-23)20-36-17-15-24(37)16-18-36/h3-14,19,24,37H,15-18,20H2,1-2H3,(H,33,34,38). The summed E-state index contributed by atoms with van der Waals surface area (Å²) in [7, 11) is 3.70. The minimum Gasteiger partial charge on any atom is -0.497 e. The monoisotopic (exact) mass is 520 g/mol. The van der Waals surface area contributed by atoms with E-state index in [-0.39, 0.29) is 12.0 Å². The fourth-order valence-corrected chi connectivity index (χ4v) is 5.50. The normalized spacial score (nSPS) is 14.6. The largest absolute Gasteiger partial charge is 0.497 e. The Balaban J connectivity index is 1.31. The summed E-state index contributed by atoms with van der Waals surface area (Å²) in [5.74, 6) is 1.08. The second-order valence-corrected chi connectivity index (χ2v) is 10.2. The Morgan fingerprint density at radius 3 is 2.44 bits per heavy atom. The molecule has 3 heterocycles. The first-order valence-electron chi connectivity index (χ1n) is 13.3. The molecule has 39 heavy (non-hydrogen) atoms. The van der Waals surface area contributed by atoms with E-state index in [1.165, 1.54) is 0 Å². The van der Waals surface area contributed by atoms with Crippen LogP contribution < -0.4 is 10.1 Å². The van der Waals surface area contributed by atoms with E-state index in [1.807, 2.05) is 73.8 Å². The van der Waals surface area contributed by atoms with E-state index in [9.17, 15) is 9.90 Å². The van der Waals surface area contributed by atoms with Crippen LogP contribution in [0.5, 0.6) is 5.75 Å². The van der Waals surface area contributed by atoms with Crippen molar-refractivity contribution in [3.8, 4) is 17.0 Å². The van der Waals surface area contributed by atoms with E-state index in [2.05, 4.69) is 26.9 Å². The van der Waals surface area contributed by atoms with Gasteiger partial charge in [-0.1, -0.05) is 30.3 Å². The number of anilines is 1. The van der Waals surface area contributed by atoms with Crippen LogP contribution in [-0.2, 0) is 13.6 Å². The van der Waals surface area contributed by atoms with E-state index in [1.54, 1.807) is 7.11 Å². The Bertz CT molecular complexity index is 1630. The van der Waals surface area contributed by atoms with Crippen LogP contribution in [-0.4, -0.2) is 51.8 Å². The van der Waals surface area contributed by atoms with Gasteiger partial charge in [-0.05, 0) is 66.9 Å². The molecule has 0 bridgehead atoms. The predicted octanol–water partition coefficient (Wildman–Crippen LogP) is 5.61. The number of hydrogen-bond donors (Lipinski definition) is 2. The van der Waals surface area contributed by atoms with Gasteiger partial charge in [0.2, 0.25) is 0 Å². The molecule has 0 radical (unpaired) electrons. The minimum absolute atomic E-state index is 0.181. The fraction of sp³-hybridized carbons (Fsp3) is 0.250. The number of para-hydroxylation sites is 1. The number of aliphatic hydroxyl groups excluding tert-OH is 1. The number of fused-ring (bicyclic) bond motifs is 3. The van der Waals surface area contributed by atoms with E-state index in [0.29, 0.717) is 11.4 Å². The Morgan fingerprint density at radius 1 is 1.00 bits per heavy atom. The van der Waals surface area contributed by atoms with Crippen molar-refractivity contribution in [2.75, 3.05) is 25.5 Å². The lowest BCUT2D eigenvalue weighted by Gasteiger charge is -2.29. The smallest absolute Gasteiger partial charge is 0.256 e. The highest BCUT2D eigenvalue weighted by Crippen LogP contribution is 2.36. The summed E-state index contributed by atoms with van der Waals surface area (Å²) < 4.78 is 7.51. The summed E-state index contributed by atoms with van der Waals surface area (Å²) in [6, 6.07) is 25.8. The Hall–Kier alpha value is -4.20. The quantitative estimate of drug-likeness (QED) is 0.304. The molecule has 0 spiro atoms. The Morgan fingerprint density at radius 2 is 1.72 bits per heavy atom. The van der Waals surface area contributed by atoms with Gasteiger partial charge in [0.25, 0.3) is 5.91 Å². The molecule has 1 fully saturated rings. The number of rotatable bonds is 6. The van der Waals surface area contributed by atoms with Crippen LogP contribution in [0.4, 0.5) is 5.82 Å². The van der Waals surface area contributed by atoms with Crippen LogP contribution >= 0.6 is 0 Å². The number of piperidine rings is 1. The highest BCUT2D eigenvalue weighted by molar-refractivity contribution is 6.14. The number of ether oxygens (including phenoxy) is 1. The van der Waals surface area contributed by atoms with Gasteiger partial charge < -0.3 is 19.7 Å². The van der Waals surface area contributed by atoms with Gasteiger partial charge in [0.05, 0.1) is 24.4 Å². The van der Waals surface area contributed by atoms with Crippen molar-refractivity contribution in [2.24, 2.45) is 7.05 Å². The predicted molar refractivity (Wildman–Crippen MR) is 155 cm³/mol. The molecule has 1 aliphatic rings. The van der Waals surface area contributed by atoms with Gasteiger partial charge in [0, 0.05) is 54.1 Å². The average molecular weight is 521 g/mol. The number of methoxy groups -OCH3 is 1. The van der Waals surface area contributed by atoms with Crippen LogP contribution in [0.25, 0.3) is 33.1 Å². The SMILES string of the molecule is COc1ccc(-c2nc(NC(=O)c3ccc(CN4CCC(O)CC4)cc3)cc3c4ccccc4n(C)c23)cc1. The lowest BCUT2D eigenvalue weighted by atomic mass is 10.1. The zero-order valence-corrected chi connectivity index (χ0v) is 22.2. The zero-order chi connectivity index (χ0) is 26.9. The van der Waals surface area contributed by atoms with Gasteiger partial charge in [0.1, 0.15) is 11.6 Å². The van der Waals surface area contributed by atoms with E-state index in [4.69, 9.17) is 9.72 Å². The molecular formula is C32H32N4O3. The molecule has 198 valence electrons. The van der Waals surface area contributed by atoms with Gasteiger partial charge in [0.15, 0.2) is 0 Å². The summed E-state index contributed by atoms with van der Waals surface area (Å²) in [5.41, 5.74) is 5.59. The molecule has 6 rings (SSSR count). The highest BCUT2D eigenvalue weighted by atomic mass is 16.5. The molecule has 3 aromatic carbocycles. The molecular weight excluding hydrogens is 488 g/mol. The second-order valence-electron chi connectivity index (χ2n) is 10.2. The lowest BCUT2D eigenvalue weighted by molar-refractivity contribution is 0.0792. The van der Waals surface area contributed by atoms with Gasteiger partial charge in [-0.3, -0.25) is 9.69 Å². The first kappa shape index (κ1) is 25.1. The highest BCUT2D eigenvalue weighted by Gasteiger charge is 2.19. The van der Waals surface area contributed by atoms with Gasteiger partial charge in [-0.15, -0.1) is 0 Å². The number of carbonyl (C=O) groups is 1. The lowest BCUT2D eigenvalue weighted by Crippen LogP contribution is -2.35. The number of amides is 1. The summed E-state index contributed by atoms with van der Waals surface area (Å²) in [4.78, 5) is 20.5. The molecule has 0 atom stereocenters. The third kappa shape index (κ3) is 4.99. The molecule has 0 saturated carbocycles. The number of nitrogens with zero attached hydrogens (tertiary/aromatic N) is 3. The summed E-state index contributed by atoms with van der Waals surface area (Å²) in [6.07, 6.45) is 1.44. The van der Waals surface area contributed by atoms with Crippen LogP contribution in [0.2, 0.25) is 0 Å². The first-order valence-corrected chi connectivity index (χ1v) is 13.3. The Kier molecular flexibility index (Phi) is 6.77. The molecule has 1 saturated heterocycles. The minimum atomic E-state index is -0.199. The van der Waals surface area contributed by atoms with Gasteiger partial charge in [-0.2, -0.15) is 0 Å². The number of pyridine rings is 1. The number of nitrogens with one attached hydrogen (secondary N) is 1.